The molecule has 2 heteroatoms. The van der Waals surface area contributed by atoms with Crippen molar-refractivity contribution in [1.29, 1.82) is 0 Å². The van der Waals surface area contributed by atoms with Gasteiger partial charge in [-0.05, 0) is 130 Å². The van der Waals surface area contributed by atoms with Crippen LogP contribution in [0, 0.1) is 58.7 Å². The monoisotopic (exact) mass is 435 g/mol. The Morgan fingerprint density at radius 2 is 1.94 bits per heavy atom. The predicted octanol–water partition coefficient (Wildman–Crippen LogP) is 7.24. The van der Waals surface area contributed by atoms with E-state index in [4.69, 9.17) is 9.72 Å². The van der Waals surface area contributed by atoms with Crippen LogP contribution in [0.4, 0.5) is 0 Å². The van der Waals surface area contributed by atoms with Crippen molar-refractivity contribution in [1.82, 2.24) is 4.98 Å². The lowest BCUT2D eigenvalue weighted by molar-refractivity contribution is -0.161. The van der Waals surface area contributed by atoms with E-state index in [0.29, 0.717) is 22.3 Å². The zero-order valence-electron chi connectivity index (χ0n) is 21.2. The van der Waals surface area contributed by atoms with E-state index in [2.05, 4.69) is 45.9 Å². The highest BCUT2D eigenvalue weighted by atomic mass is 16.5. The normalized spacial score (nSPS) is 49.7. The number of aromatic nitrogens is 1. The summed E-state index contributed by atoms with van der Waals surface area (Å²) in [5.41, 5.74) is 4.10. The van der Waals surface area contributed by atoms with E-state index >= 15 is 0 Å². The minimum Gasteiger partial charge on any atom is -0.381 e. The molecule has 0 radical (unpaired) electrons. The van der Waals surface area contributed by atoms with E-state index in [1.165, 1.54) is 63.5 Å². The molecule has 1 spiro atoms. The third kappa shape index (κ3) is 2.77. The van der Waals surface area contributed by atoms with Crippen molar-refractivity contribution in [2.45, 2.75) is 98.0 Å². The summed E-state index contributed by atoms with van der Waals surface area (Å²) in [4.78, 5) is 4.78. The van der Waals surface area contributed by atoms with Gasteiger partial charge in [0.15, 0.2) is 0 Å². The standard InChI is InChI=1S/C30H45NO/c1-19(9-10-22-8-6-7-20(2)31-22)24-11-12-25-23-17-27(32-5)30-18-21(30)13-16-29(30,4)26(23)14-15-28(24,25)3/h6-8,19,21,23-27H,9-18H2,1-5H3/t19-,21-,23+,24-,25+,26+,27-,28-,29-,30?/m1/s1. The maximum Gasteiger partial charge on any atom is 0.0638 e. The number of rotatable bonds is 5. The van der Waals surface area contributed by atoms with Crippen LogP contribution in [0.1, 0.15) is 89.9 Å². The smallest absolute Gasteiger partial charge is 0.0638 e. The molecule has 0 amide bonds. The molecule has 5 aliphatic carbocycles. The molecule has 1 aromatic heterocycles. The van der Waals surface area contributed by atoms with E-state index in [1.54, 1.807) is 0 Å². The van der Waals surface area contributed by atoms with E-state index < -0.39 is 0 Å². The average Bonchev–Trinajstić information content (AvgIpc) is 3.28. The summed E-state index contributed by atoms with van der Waals surface area (Å²) in [6, 6.07) is 6.51. The lowest BCUT2D eigenvalue weighted by Crippen LogP contribution is -2.57. The first-order valence-electron chi connectivity index (χ1n) is 13.8. The van der Waals surface area contributed by atoms with Crippen LogP contribution in [0.2, 0.25) is 0 Å². The van der Waals surface area contributed by atoms with Gasteiger partial charge in [0.1, 0.15) is 0 Å². The molecule has 0 aromatic carbocycles. The van der Waals surface area contributed by atoms with Crippen molar-refractivity contribution >= 4 is 0 Å². The Morgan fingerprint density at radius 1 is 1.09 bits per heavy atom. The third-order valence-corrected chi connectivity index (χ3v) is 12.4. The molecule has 2 nitrogen and oxygen atoms in total. The van der Waals surface area contributed by atoms with Crippen LogP contribution in [0.25, 0.3) is 0 Å². The maximum atomic E-state index is 6.31. The fraction of sp³-hybridized carbons (Fsp3) is 0.833. The number of nitrogens with zero attached hydrogens (tertiary/aromatic N) is 1. The molecular formula is C30H45NO. The Morgan fingerprint density at radius 3 is 2.69 bits per heavy atom. The summed E-state index contributed by atoms with van der Waals surface area (Å²) in [5.74, 6) is 5.47. The zero-order chi connectivity index (χ0) is 22.3. The van der Waals surface area contributed by atoms with Gasteiger partial charge in [0.2, 0.25) is 0 Å². The number of methoxy groups -OCH3 is 1. The fourth-order valence-corrected chi connectivity index (χ4v) is 10.9. The summed E-state index contributed by atoms with van der Waals surface area (Å²) >= 11 is 0. The number of fused-ring (bicyclic) bond motifs is 4. The van der Waals surface area contributed by atoms with Gasteiger partial charge in [-0.15, -0.1) is 0 Å². The Kier molecular flexibility index (Phi) is 4.94. The Bertz CT molecular complexity index is 881. The van der Waals surface area contributed by atoms with Crippen LogP contribution in [-0.4, -0.2) is 18.2 Å². The molecule has 10 atom stereocenters. The Balaban J connectivity index is 1.21. The third-order valence-electron chi connectivity index (χ3n) is 12.4. The molecule has 1 aromatic rings. The molecule has 5 fully saturated rings. The molecular weight excluding hydrogens is 390 g/mol. The summed E-state index contributed by atoms with van der Waals surface area (Å²) in [6.45, 7) is 10.1. The molecule has 0 saturated heterocycles. The molecule has 1 heterocycles. The van der Waals surface area contributed by atoms with Gasteiger partial charge in [0.05, 0.1) is 6.10 Å². The second kappa shape index (κ2) is 7.30. The van der Waals surface area contributed by atoms with Crippen LogP contribution in [0.5, 0.6) is 0 Å². The van der Waals surface area contributed by atoms with Crippen molar-refractivity contribution in [3.8, 4) is 0 Å². The molecule has 32 heavy (non-hydrogen) atoms. The number of ether oxygens (including phenoxy) is 1. The predicted molar refractivity (Wildman–Crippen MR) is 130 cm³/mol. The molecule has 1 unspecified atom stereocenters. The van der Waals surface area contributed by atoms with E-state index in [-0.39, 0.29) is 0 Å². The number of pyridine rings is 1. The number of hydrogen-bond donors (Lipinski definition) is 0. The Hall–Kier alpha value is -0.890. The van der Waals surface area contributed by atoms with E-state index in [1.807, 2.05) is 7.11 Å². The van der Waals surface area contributed by atoms with Gasteiger partial charge < -0.3 is 4.74 Å². The number of hydrogen-bond acceptors (Lipinski definition) is 2. The first-order chi connectivity index (χ1) is 15.3. The van der Waals surface area contributed by atoms with Crippen molar-refractivity contribution in [3.63, 3.8) is 0 Å². The highest BCUT2D eigenvalue weighted by Gasteiger charge is 2.77. The molecule has 0 N–H and O–H groups in total. The van der Waals surface area contributed by atoms with E-state index in [0.717, 1.165) is 47.6 Å². The van der Waals surface area contributed by atoms with Gasteiger partial charge >= 0.3 is 0 Å². The highest BCUT2D eigenvalue weighted by Crippen LogP contribution is 2.82. The van der Waals surface area contributed by atoms with Gasteiger partial charge in [-0.1, -0.05) is 26.8 Å². The lowest BCUT2D eigenvalue weighted by atomic mass is 9.45. The van der Waals surface area contributed by atoms with Crippen molar-refractivity contribution < 1.29 is 4.74 Å². The molecule has 0 bridgehead atoms. The van der Waals surface area contributed by atoms with Gasteiger partial charge in [-0.25, -0.2) is 0 Å². The first-order valence-corrected chi connectivity index (χ1v) is 13.8. The quantitative estimate of drug-likeness (QED) is 0.486. The van der Waals surface area contributed by atoms with E-state index in [9.17, 15) is 0 Å². The molecule has 0 aliphatic heterocycles. The topological polar surface area (TPSA) is 22.1 Å². The second-order valence-electron chi connectivity index (χ2n) is 13.2. The van der Waals surface area contributed by atoms with Gasteiger partial charge in [-0.2, -0.15) is 0 Å². The van der Waals surface area contributed by atoms with Crippen LogP contribution in [0.15, 0.2) is 18.2 Å². The van der Waals surface area contributed by atoms with Gasteiger partial charge in [-0.3, -0.25) is 4.98 Å². The average molecular weight is 436 g/mol. The summed E-state index contributed by atoms with van der Waals surface area (Å²) in [6.07, 6.45) is 14.6. The Labute approximate surface area is 196 Å². The maximum absolute atomic E-state index is 6.31. The largest absolute Gasteiger partial charge is 0.381 e. The SMILES string of the molecule is CO[C@@H]1C[C@H]2[C@@H]3CC[C@H]([C@H](C)CCc4cccc(C)n4)[C@@]3(C)CC[C@@H]2[C@@]2(C)CC[C@@H]3CC312. The number of aryl methyl sites for hydroxylation is 2. The minimum atomic E-state index is 0.535. The summed E-state index contributed by atoms with van der Waals surface area (Å²) < 4.78 is 6.31. The molecule has 176 valence electrons. The van der Waals surface area contributed by atoms with Gasteiger partial charge in [0.25, 0.3) is 0 Å². The lowest BCUT2D eigenvalue weighted by Gasteiger charge is -2.61. The van der Waals surface area contributed by atoms with Crippen LogP contribution in [-0.2, 0) is 11.2 Å². The second-order valence-corrected chi connectivity index (χ2v) is 13.2. The van der Waals surface area contributed by atoms with Crippen LogP contribution in [0.3, 0.4) is 0 Å². The summed E-state index contributed by atoms with van der Waals surface area (Å²) in [7, 11) is 2.02. The van der Waals surface area contributed by atoms with Crippen molar-refractivity contribution in [2.75, 3.05) is 7.11 Å². The van der Waals surface area contributed by atoms with Crippen molar-refractivity contribution in [3.05, 3.63) is 29.6 Å². The van der Waals surface area contributed by atoms with Crippen molar-refractivity contribution in [2.24, 2.45) is 51.8 Å². The zero-order valence-corrected chi connectivity index (χ0v) is 21.2. The summed E-state index contributed by atoms with van der Waals surface area (Å²) in [5, 5.41) is 0. The minimum absolute atomic E-state index is 0.535. The fourth-order valence-electron chi connectivity index (χ4n) is 10.9. The molecule has 5 saturated carbocycles. The van der Waals surface area contributed by atoms with Gasteiger partial charge in [0, 0.05) is 23.9 Å². The highest BCUT2D eigenvalue weighted by molar-refractivity contribution is 5.26. The van der Waals surface area contributed by atoms with Crippen LogP contribution < -0.4 is 0 Å². The molecule has 5 aliphatic rings. The first kappa shape index (κ1) is 21.6. The van der Waals surface area contributed by atoms with Crippen LogP contribution >= 0.6 is 0 Å². The molecule has 6 rings (SSSR count).